The first kappa shape index (κ1) is 64.3. The summed E-state index contributed by atoms with van der Waals surface area (Å²) in [7, 11) is 0. The Morgan fingerprint density at radius 2 is 0.691 bits per heavy atom. The van der Waals surface area contributed by atoms with Gasteiger partial charge in [0.25, 0.3) is 0 Å². The predicted molar refractivity (Wildman–Crippen MR) is 297 cm³/mol. The van der Waals surface area contributed by atoms with Gasteiger partial charge in [-0.05, 0) is 116 Å². The van der Waals surface area contributed by atoms with E-state index in [1.165, 1.54) is 103 Å². The second-order valence-corrected chi connectivity index (χ2v) is 18.1. The number of carbonyl (C=O) groups is 2. The van der Waals surface area contributed by atoms with Crippen molar-refractivity contribution in [1.29, 1.82) is 0 Å². The molecule has 0 aliphatic rings. The third-order valence-electron chi connectivity index (χ3n) is 11.5. The minimum atomic E-state index is -0.584. The number of rotatable bonds is 50. The summed E-state index contributed by atoms with van der Waals surface area (Å²) in [6.45, 7) is 7.49. The quantitative estimate of drug-likeness (QED) is 0.0345. The minimum Gasteiger partial charge on any atom is -0.462 e. The normalized spacial score (nSPS) is 13.2. The predicted octanol–water partition coefficient (Wildman–Crippen LogP) is 19.3. The van der Waals surface area contributed by atoms with E-state index in [-0.39, 0.29) is 25.2 Å². The molecule has 1 unspecified atom stereocenters. The van der Waals surface area contributed by atoms with Crippen molar-refractivity contribution in [1.82, 2.24) is 0 Å². The lowest BCUT2D eigenvalue weighted by Gasteiger charge is -2.18. The second-order valence-electron chi connectivity index (χ2n) is 18.1. The maximum Gasteiger partial charge on any atom is 0.306 e. The van der Waals surface area contributed by atoms with Crippen molar-refractivity contribution >= 4 is 11.9 Å². The van der Waals surface area contributed by atoms with Gasteiger partial charge in [0.15, 0.2) is 6.10 Å². The number of esters is 2. The molecule has 0 N–H and O–H groups in total. The van der Waals surface area contributed by atoms with Crippen LogP contribution in [-0.4, -0.2) is 37.9 Å². The Balaban J connectivity index is 4.43. The second kappa shape index (κ2) is 57.6. The molecule has 0 bridgehead atoms. The van der Waals surface area contributed by atoms with Crippen molar-refractivity contribution in [2.24, 2.45) is 0 Å². The molecule has 1 atom stereocenters. The molecule has 0 heterocycles. The average Bonchev–Trinajstić information content (AvgIpc) is 3.34. The van der Waals surface area contributed by atoms with Crippen molar-refractivity contribution in [3.05, 3.63) is 122 Å². The molecule has 0 aromatic carbocycles. The van der Waals surface area contributed by atoms with Crippen LogP contribution in [0.5, 0.6) is 0 Å². The van der Waals surface area contributed by atoms with E-state index in [0.717, 1.165) is 96.3 Å². The van der Waals surface area contributed by atoms with Crippen LogP contribution in [0.25, 0.3) is 0 Å². The Hall–Kier alpha value is -3.70. The van der Waals surface area contributed by atoms with Crippen LogP contribution in [0, 0.1) is 0 Å². The monoisotopic (exact) mass is 941 g/mol. The number of allylic oxidation sites excluding steroid dienone is 20. The van der Waals surface area contributed by atoms with E-state index in [1.54, 1.807) is 0 Å². The maximum atomic E-state index is 12.8. The number of ether oxygens (including phenoxy) is 3. The molecule has 0 aliphatic heterocycles. The van der Waals surface area contributed by atoms with Crippen LogP contribution >= 0.6 is 0 Å². The molecule has 0 amide bonds. The van der Waals surface area contributed by atoms with Gasteiger partial charge in [0, 0.05) is 19.4 Å². The summed E-state index contributed by atoms with van der Waals surface area (Å²) in [5, 5.41) is 0. The van der Waals surface area contributed by atoms with Gasteiger partial charge in [-0.25, -0.2) is 0 Å². The van der Waals surface area contributed by atoms with Crippen molar-refractivity contribution in [2.75, 3.05) is 19.8 Å². The van der Waals surface area contributed by atoms with Crippen LogP contribution in [0.3, 0.4) is 0 Å². The molecule has 0 saturated carbocycles. The van der Waals surface area contributed by atoms with Crippen LogP contribution in [0.1, 0.15) is 239 Å². The summed E-state index contributed by atoms with van der Waals surface area (Å²) in [5.74, 6) is -0.511. The summed E-state index contributed by atoms with van der Waals surface area (Å²) in [5.41, 5.74) is 0. The lowest BCUT2D eigenvalue weighted by atomic mass is 10.1. The highest BCUT2D eigenvalue weighted by Gasteiger charge is 2.17. The molecule has 0 aliphatic carbocycles. The third-order valence-corrected chi connectivity index (χ3v) is 11.5. The van der Waals surface area contributed by atoms with Gasteiger partial charge < -0.3 is 14.2 Å². The fraction of sp³-hybridized carbons (Fsp3) is 0.651. The zero-order chi connectivity index (χ0) is 49.2. The SMILES string of the molecule is CC/C=C\C/C=C\C/C=C\C/C=C\C/C=C\C/C=C\CCC(=O)OCC(COCCCCCCCCCC/C=C\C/C=C\C/C=C\CC)OC(=O)CCCCCCC/C=C\CCCCCCCC. The van der Waals surface area contributed by atoms with Crippen molar-refractivity contribution in [3.63, 3.8) is 0 Å². The minimum absolute atomic E-state index is 0.0322. The Morgan fingerprint density at radius 1 is 0.338 bits per heavy atom. The average molecular weight is 942 g/mol. The molecular formula is C63H104O5. The zero-order valence-corrected chi connectivity index (χ0v) is 44.3. The van der Waals surface area contributed by atoms with Crippen LogP contribution in [0.15, 0.2) is 122 Å². The zero-order valence-electron chi connectivity index (χ0n) is 44.3. The lowest BCUT2D eigenvalue weighted by molar-refractivity contribution is -0.162. The van der Waals surface area contributed by atoms with Crippen molar-refractivity contribution < 1.29 is 23.8 Å². The topological polar surface area (TPSA) is 61.8 Å². The summed E-state index contributed by atoms with van der Waals surface area (Å²) < 4.78 is 17.4. The highest BCUT2D eigenvalue weighted by molar-refractivity contribution is 5.70. The molecule has 386 valence electrons. The van der Waals surface area contributed by atoms with Crippen molar-refractivity contribution in [3.8, 4) is 0 Å². The Morgan fingerprint density at radius 3 is 1.13 bits per heavy atom. The molecule has 0 rings (SSSR count). The van der Waals surface area contributed by atoms with Gasteiger partial charge in [0.05, 0.1) is 6.61 Å². The molecular weight excluding hydrogens is 837 g/mol. The molecule has 0 aromatic heterocycles. The molecule has 0 saturated heterocycles. The number of unbranched alkanes of at least 4 members (excludes halogenated alkanes) is 19. The van der Waals surface area contributed by atoms with E-state index in [2.05, 4.69) is 136 Å². The summed E-state index contributed by atoms with van der Waals surface area (Å²) in [4.78, 5) is 25.5. The fourth-order valence-electron chi connectivity index (χ4n) is 7.37. The van der Waals surface area contributed by atoms with Gasteiger partial charge in [-0.2, -0.15) is 0 Å². The third kappa shape index (κ3) is 54.9. The molecule has 5 nitrogen and oxygen atoms in total. The van der Waals surface area contributed by atoms with Crippen LogP contribution in [0.4, 0.5) is 0 Å². The van der Waals surface area contributed by atoms with Gasteiger partial charge in [0.2, 0.25) is 0 Å². The number of hydrogen-bond acceptors (Lipinski definition) is 5. The Bertz CT molecular complexity index is 1390. The summed E-state index contributed by atoms with van der Waals surface area (Å²) in [6.07, 6.45) is 80.8. The van der Waals surface area contributed by atoms with E-state index >= 15 is 0 Å². The first-order valence-electron chi connectivity index (χ1n) is 28.1. The van der Waals surface area contributed by atoms with E-state index in [9.17, 15) is 9.59 Å². The molecule has 68 heavy (non-hydrogen) atoms. The van der Waals surface area contributed by atoms with Crippen molar-refractivity contribution in [2.45, 2.75) is 245 Å². The van der Waals surface area contributed by atoms with Crippen LogP contribution in [-0.2, 0) is 23.8 Å². The Kier molecular flexibility index (Phi) is 54.5. The molecule has 5 heteroatoms. The van der Waals surface area contributed by atoms with E-state index in [1.807, 2.05) is 6.08 Å². The summed E-state index contributed by atoms with van der Waals surface area (Å²) >= 11 is 0. The van der Waals surface area contributed by atoms with E-state index in [4.69, 9.17) is 14.2 Å². The van der Waals surface area contributed by atoms with Gasteiger partial charge in [-0.3, -0.25) is 9.59 Å². The van der Waals surface area contributed by atoms with Gasteiger partial charge in [-0.1, -0.05) is 232 Å². The van der Waals surface area contributed by atoms with Gasteiger partial charge in [0.1, 0.15) is 6.61 Å². The van der Waals surface area contributed by atoms with Gasteiger partial charge in [-0.15, -0.1) is 0 Å². The number of hydrogen-bond donors (Lipinski definition) is 0. The first-order chi connectivity index (χ1) is 33.6. The van der Waals surface area contributed by atoms with E-state index < -0.39 is 6.10 Å². The van der Waals surface area contributed by atoms with Crippen LogP contribution < -0.4 is 0 Å². The molecule has 0 radical (unpaired) electrons. The Labute approximate surface area is 420 Å². The van der Waals surface area contributed by atoms with Crippen LogP contribution in [0.2, 0.25) is 0 Å². The molecule has 0 aromatic rings. The highest BCUT2D eigenvalue weighted by atomic mass is 16.6. The molecule has 0 fully saturated rings. The standard InChI is InChI=1S/C63H104O5/c1-4-7-10-13-16-19-22-25-28-30-32-33-36-38-41-44-47-50-53-56-62(64)67-60-61(68-63(65)57-54-51-48-45-42-39-35-27-24-21-18-15-12-9-6-3)59-66-58-55-52-49-46-43-40-37-34-31-29-26-23-20-17-14-11-8-5-2/h7-8,10-11,16-17,19-20,25-29,32-33,35,38,41,47,50,61H,4-6,9,12-15,18,21-24,30-31,34,36-37,39-40,42-46,48-49,51-60H2,1-3H3/b10-7-,11-8-,19-16-,20-17-,28-25-,29-26-,33-32-,35-27-,41-38-,50-47-. The maximum absolute atomic E-state index is 12.8. The number of carbonyl (C=O) groups excluding carboxylic acids is 2. The largest absolute Gasteiger partial charge is 0.462 e. The molecule has 0 spiro atoms. The highest BCUT2D eigenvalue weighted by Crippen LogP contribution is 2.13. The van der Waals surface area contributed by atoms with Gasteiger partial charge >= 0.3 is 11.9 Å². The first-order valence-corrected chi connectivity index (χ1v) is 28.1. The fourth-order valence-corrected chi connectivity index (χ4v) is 7.37. The van der Waals surface area contributed by atoms with E-state index in [0.29, 0.717) is 25.9 Å². The lowest BCUT2D eigenvalue weighted by Crippen LogP contribution is -2.30. The smallest absolute Gasteiger partial charge is 0.306 e. The summed E-state index contributed by atoms with van der Waals surface area (Å²) in [6, 6.07) is 0.